The molecule has 0 saturated heterocycles. The average Bonchev–Trinajstić information content (AvgIpc) is 2.33. The molecule has 0 bridgehead atoms. The summed E-state index contributed by atoms with van der Waals surface area (Å²) in [5.74, 6) is -0.874. The maximum Gasteiger partial charge on any atom is 0.129 e. The van der Waals surface area contributed by atoms with Gasteiger partial charge in [0.15, 0.2) is 0 Å². The summed E-state index contributed by atoms with van der Waals surface area (Å²) in [5.41, 5.74) is 0.808. The van der Waals surface area contributed by atoms with Gasteiger partial charge in [-0.05, 0) is 45.8 Å². The van der Waals surface area contributed by atoms with Crippen LogP contribution in [0.5, 0.6) is 0 Å². The van der Waals surface area contributed by atoms with Gasteiger partial charge in [-0.1, -0.05) is 33.6 Å². The number of rotatable bonds is 2. The summed E-state index contributed by atoms with van der Waals surface area (Å²) in [6, 6.07) is 6.77. The van der Waals surface area contributed by atoms with Crippen LogP contribution in [0.1, 0.15) is 16.5 Å². The molecule has 19 heavy (non-hydrogen) atoms. The van der Waals surface area contributed by atoms with Crippen LogP contribution in [0.4, 0.5) is 8.78 Å². The summed E-state index contributed by atoms with van der Waals surface area (Å²) >= 11 is 18.5. The van der Waals surface area contributed by atoms with Gasteiger partial charge in [-0.2, -0.15) is 0 Å². The van der Waals surface area contributed by atoms with Crippen LogP contribution in [0.3, 0.4) is 0 Å². The molecule has 0 nitrogen and oxygen atoms in total. The number of halogens is 6. The first-order chi connectivity index (χ1) is 8.90. The molecule has 2 rings (SSSR count). The molecule has 2 aromatic carbocycles. The fourth-order valence-corrected chi connectivity index (χ4v) is 3.16. The van der Waals surface area contributed by atoms with Crippen LogP contribution < -0.4 is 0 Å². The second-order valence-electron chi connectivity index (χ2n) is 3.82. The molecule has 0 heterocycles. The van der Waals surface area contributed by atoms with Crippen LogP contribution >= 0.6 is 55.1 Å². The van der Waals surface area contributed by atoms with Gasteiger partial charge >= 0.3 is 0 Å². The van der Waals surface area contributed by atoms with Crippen LogP contribution in [0.2, 0.25) is 5.02 Å². The van der Waals surface area contributed by atoms with Crippen molar-refractivity contribution < 1.29 is 8.78 Å². The van der Waals surface area contributed by atoms with Gasteiger partial charge in [-0.25, -0.2) is 8.78 Å². The average molecular weight is 431 g/mol. The SMILES string of the molecule is Fc1ccc(C(Cl)c2cc(Cl)c(Br)cc2F)c(Br)c1. The Balaban J connectivity index is 2.49. The number of hydrogen-bond acceptors (Lipinski definition) is 0. The van der Waals surface area contributed by atoms with E-state index >= 15 is 0 Å². The van der Waals surface area contributed by atoms with Crippen molar-refractivity contribution in [3.05, 3.63) is 67.1 Å². The van der Waals surface area contributed by atoms with Crippen LogP contribution in [0.15, 0.2) is 39.3 Å². The Bertz CT molecular complexity index is 632. The molecule has 100 valence electrons. The van der Waals surface area contributed by atoms with Gasteiger partial charge in [-0.15, -0.1) is 11.6 Å². The number of benzene rings is 2. The normalized spacial score (nSPS) is 12.5. The standard InChI is InChI=1S/C13H6Br2Cl2F2/c14-9-3-6(18)1-2-7(9)13(17)8-4-11(16)10(15)5-12(8)19/h1-5,13H. The van der Waals surface area contributed by atoms with E-state index in [-0.39, 0.29) is 5.56 Å². The highest BCUT2D eigenvalue weighted by Gasteiger charge is 2.19. The lowest BCUT2D eigenvalue weighted by Crippen LogP contribution is -1.99. The Morgan fingerprint density at radius 1 is 0.947 bits per heavy atom. The van der Waals surface area contributed by atoms with Gasteiger partial charge < -0.3 is 0 Å². The van der Waals surface area contributed by atoms with Crippen LogP contribution in [-0.2, 0) is 0 Å². The Hall–Kier alpha value is -0.160. The second-order valence-corrected chi connectivity index (χ2v) is 6.37. The molecule has 0 spiro atoms. The van der Waals surface area contributed by atoms with Gasteiger partial charge in [0, 0.05) is 14.5 Å². The van der Waals surface area contributed by atoms with Gasteiger partial charge in [0.1, 0.15) is 11.6 Å². The Labute approximate surface area is 136 Å². The number of alkyl halides is 1. The highest BCUT2D eigenvalue weighted by molar-refractivity contribution is 9.10. The van der Waals surface area contributed by atoms with Crippen molar-refractivity contribution in [3.63, 3.8) is 0 Å². The molecule has 0 fully saturated rings. The lowest BCUT2D eigenvalue weighted by molar-refractivity contribution is 0.610. The molecule has 0 aromatic heterocycles. The van der Waals surface area contributed by atoms with Crippen LogP contribution in [-0.4, -0.2) is 0 Å². The van der Waals surface area contributed by atoms with Crippen molar-refractivity contribution in [2.45, 2.75) is 5.38 Å². The molecule has 1 unspecified atom stereocenters. The molecule has 1 atom stereocenters. The zero-order valence-electron chi connectivity index (χ0n) is 9.23. The third kappa shape index (κ3) is 3.30. The monoisotopic (exact) mass is 428 g/mol. The fraction of sp³-hybridized carbons (Fsp3) is 0.0769. The van der Waals surface area contributed by atoms with Gasteiger partial charge in [0.25, 0.3) is 0 Å². The van der Waals surface area contributed by atoms with Crippen molar-refractivity contribution in [1.29, 1.82) is 0 Å². The minimum absolute atomic E-state index is 0.238. The molecule has 0 radical (unpaired) electrons. The first kappa shape index (κ1) is 15.2. The largest absolute Gasteiger partial charge is 0.207 e. The molecule has 0 aliphatic rings. The zero-order valence-corrected chi connectivity index (χ0v) is 13.9. The predicted octanol–water partition coefficient (Wildman–Crippen LogP) is 6.47. The summed E-state index contributed by atoms with van der Waals surface area (Å²) in [7, 11) is 0. The molecule has 0 N–H and O–H groups in total. The first-order valence-corrected chi connectivity index (χ1v) is 7.53. The Morgan fingerprint density at radius 3 is 2.26 bits per heavy atom. The summed E-state index contributed by atoms with van der Waals surface area (Å²) < 4.78 is 27.9. The minimum Gasteiger partial charge on any atom is -0.207 e. The molecule has 0 amide bonds. The lowest BCUT2D eigenvalue weighted by Gasteiger charge is -2.14. The van der Waals surface area contributed by atoms with E-state index in [1.165, 1.54) is 30.3 Å². The summed E-state index contributed by atoms with van der Waals surface area (Å²) in [5, 5.41) is -0.402. The van der Waals surface area contributed by atoms with Crippen molar-refractivity contribution in [2.75, 3.05) is 0 Å². The zero-order chi connectivity index (χ0) is 14.2. The Kier molecular flexibility index (Phi) is 4.88. The fourth-order valence-electron chi connectivity index (χ4n) is 1.61. The third-order valence-corrected chi connectivity index (χ3v) is 4.90. The third-order valence-electron chi connectivity index (χ3n) is 2.55. The van der Waals surface area contributed by atoms with Gasteiger partial charge in [0.05, 0.1) is 10.4 Å². The van der Waals surface area contributed by atoms with Crippen molar-refractivity contribution >= 4 is 55.1 Å². The first-order valence-electron chi connectivity index (χ1n) is 5.13. The van der Waals surface area contributed by atoms with E-state index in [1.807, 2.05) is 0 Å². The van der Waals surface area contributed by atoms with Gasteiger partial charge in [0.2, 0.25) is 0 Å². The van der Waals surface area contributed by atoms with E-state index in [2.05, 4.69) is 31.9 Å². The van der Waals surface area contributed by atoms with E-state index in [0.29, 0.717) is 19.5 Å². The summed E-state index contributed by atoms with van der Waals surface area (Å²) in [6.07, 6.45) is 0. The molecule has 6 heteroatoms. The highest BCUT2D eigenvalue weighted by atomic mass is 79.9. The molecular formula is C13H6Br2Cl2F2. The highest BCUT2D eigenvalue weighted by Crippen LogP contribution is 2.38. The second kappa shape index (κ2) is 6.08. The maximum absolute atomic E-state index is 13.9. The minimum atomic E-state index is -0.763. The smallest absolute Gasteiger partial charge is 0.129 e. The van der Waals surface area contributed by atoms with Crippen molar-refractivity contribution in [1.82, 2.24) is 0 Å². The van der Waals surface area contributed by atoms with E-state index in [1.54, 1.807) is 0 Å². The van der Waals surface area contributed by atoms with Crippen LogP contribution in [0, 0.1) is 11.6 Å². The molecule has 2 aromatic rings. The summed E-state index contributed by atoms with van der Waals surface area (Å²) in [6.45, 7) is 0. The topological polar surface area (TPSA) is 0 Å². The summed E-state index contributed by atoms with van der Waals surface area (Å²) in [4.78, 5) is 0. The van der Waals surface area contributed by atoms with E-state index in [0.717, 1.165) is 0 Å². The van der Waals surface area contributed by atoms with Crippen LogP contribution in [0.25, 0.3) is 0 Å². The lowest BCUT2D eigenvalue weighted by atomic mass is 10.0. The Morgan fingerprint density at radius 2 is 1.63 bits per heavy atom. The quantitative estimate of drug-likeness (QED) is 0.378. The van der Waals surface area contributed by atoms with Gasteiger partial charge in [-0.3, -0.25) is 0 Å². The molecule has 0 saturated carbocycles. The number of hydrogen-bond donors (Lipinski definition) is 0. The molecular weight excluding hydrogens is 425 g/mol. The van der Waals surface area contributed by atoms with E-state index < -0.39 is 17.0 Å². The van der Waals surface area contributed by atoms with E-state index in [4.69, 9.17) is 23.2 Å². The predicted molar refractivity (Wildman–Crippen MR) is 80.9 cm³/mol. The van der Waals surface area contributed by atoms with Crippen molar-refractivity contribution in [2.24, 2.45) is 0 Å². The van der Waals surface area contributed by atoms with E-state index in [9.17, 15) is 8.78 Å². The molecule has 0 aliphatic carbocycles. The molecule has 0 aliphatic heterocycles. The maximum atomic E-state index is 13.9. The van der Waals surface area contributed by atoms with Crippen molar-refractivity contribution in [3.8, 4) is 0 Å².